The van der Waals surface area contributed by atoms with Gasteiger partial charge in [0.1, 0.15) is 0 Å². The molecule has 5 nitrogen and oxygen atoms in total. The van der Waals surface area contributed by atoms with Gasteiger partial charge in [0.25, 0.3) is 0 Å². The first-order valence-electron chi connectivity index (χ1n) is 10.3. The van der Waals surface area contributed by atoms with Gasteiger partial charge in [0.05, 0.1) is 6.61 Å². The van der Waals surface area contributed by atoms with Crippen molar-refractivity contribution < 1.29 is 22.8 Å². The summed E-state index contributed by atoms with van der Waals surface area (Å²) < 4.78 is 23.5. The normalized spacial score (nSPS) is 11.5. The van der Waals surface area contributed by atoms with E-state index in [1.54, 1.807) is 0 Å². The number of hydrogen-bond donors (Lipinski definition) is 0. The number of esters is 1. The highest BCUT2D eigenvalue weighted by molar-refractivity contribution is 6.60. The van der Waals surface area contributed by atoms with Crippen LogP contribution in [-0.2, 0) is 29.2 Å². The maximum Gasteiger partial charge on any atom is 0.501 e. The van der Waals surface area contributed by atoms with Gasteiger partial charge < -0.3 is 18.0 Å². The second-order valence-electron chi connectivity index (χ2n) is 6.54. The number of carbonyl (C=O) groups excluding carboxylic acids is 1. The number of ether oxygens (including phenoxy) is 1. The van der Waals surface area contributed by atoms with Gasteiger partial charge in [-0.25, -0.2) is 0 Å². The van der Waals surface area contributed by atoms with Gasteiger partial charge >= 0.3 is 14.8 Å². The molecule has 0 aromatic heterocycles. The summed E-state index contributed by atoms with van der Waals surface area (Å²) in [6.45, 7) is 8.51. The summed E-state index contributed by atoms with van der Waals surface area (Å²) in [6.07, 6.45) is 4.58. The standard InChI is InChI=1S/C21H36O5Si/c1-4-15-24-27(25-16-5-2,26-17-6-3)19-10-18-23-21(22)14-13-20-11-8-7-9-12-20/h7-9,11-12H,4-6,10,13-19H2,1-3H3. The fraction of sp³-hybridized carbons (Fsp3) is 0.667. The molecule has 0 spiro atoms. The largest absolute Gasteiger partial charge is 0.501 e. The van der Waals surface area contributed by atoms with E-state index in [1.807, 2.05) is 30.3 Å². The molecule has 0 atom stereocenters. The highest BCUT2D eigenvalue weighted by Gasteiger charge is 2.40. The number of benzene rings is 1. The molecule has 1 aromatic carbocycles. The van der Waals surface area contributed by atoms with Crippen molar-refractivity contribution in [2.75, 3.05) is 26.4 Å². The summed E-state index contributed by atoms with van der Waals surface area (Å²) >= 11 is 0. The Balaban J connectivity index is 2.40. The van der Waals surface area contributed by atoms with Crippen molar-refractivity contribution >= 4 is 14.8 Å². The van der Waals surface area contributed by atoms with Crippen LogP contribution < -0.4 is 0 Å². The van der Waals surface area contributed by atoms with E-state index in [-0.39, 0.29) is 5.97 Å². The fourth-order valence-electron chi connectivity index (χ4n) is 2.55. The molecule has 0 bridgehead atoms. The van der Waals surface area contributed by atoms with E-state index in [0.717, 1.165) is 24.8 Å². The Hall–Kier alpha value is -1.21. The Labute approximate surface area is 165 Å². The van der Waals surface area contributed by atoms with E-state index < -0.39 is 8.80 Å². The van der Waals surface area contributed by atoms with Crippen LogP contribution in [0.15, 0.2) is 30.3 Å². The van der Waals surface area contributed by atoms with E-state index in [0.29, 0.717) is 51.7 Å². The molecule has 0 fully saturated rings. The van der Waals surface area contributed by atoms with Crippen LogP contribution in [0.1, 0.15) is 58.4 Å². The lowest BCUT2D eigenvalue weighted by atomic mass is 10.1. The second-order valence-corrected chi connectivity index (χ2v) is 9.27. The first-order valence-corrected chi connectivity index (χ1v) is 12.2. The van der Waals surface area contributed by atoms with Crippen LogP contribution in [0.25, 0.3) is 0 Å². The SMILES string of the molecule is CCCO[Si](CCCOC(=O)CCc1ccccc1)(OCCC)OCCC. The van der Waals surface area contributed by atoms with Crippen molar-refractivity contribution in [1.82, 2.24) is 0 Å². The molecule has 0 saturated carbocycles. The van der Waals surface area contributed by atoms with Crippen LogP contribution in [-0.4, -0.2) is 41.2 Å². The third-order valence-corrected chi connectivity index (χ3v) is 6.83. The van der Waals surface area contributed by atoms with E-state index >= 15 is 0 Å². The zero-order valence-electron chi connectivity index (χ0n) is 17.2. The molecule has 27 heavy (non-hydrogen) atoms. The predicted octanol–water partition coefficient (Wildman–Crippen LogP) is 4.77. The summed E-state index contributed by atoms with van der Waals surface area (Å²) in [4.78, 5) is 12.0. The number of hydrogen-bond acceptors (Lipinski definition) is 5. The van der Waals surface area contributed by atoms with Crippen LogP contribution in [0.5, 0.6) is 0 Å². The topological polar surface area (TPSA) is 54.0 Å². The zero-order valence-corrected chi connectivity index (χ0v) is 18.2. The summed E-state index contributed by atoms with van der Waals surface area (Å²) in [6, 6.07) is 10.7. The van der Waals surface area contributed by atoms with Gasteiger partial charge in [0, 0.05) is 32.3 Å². The Morgan fingerprint density at radius 1 is 0.852 bits per heavy atom. The maximum atomic E-state index is 12.0. The zero-order chi connectivity index (χ0) is 19.8. The summed E-state index contributed by atoms with van der Waals surface area (Å²) in [5.41, 5.74) is 1.15. The van der Waals surface area contributed by atoms with Gasteiger partial charge in [-0.2, -0.15) is 0 Å². The third kappa shape index (κ3) is 10.6. The molecule has 154 valence electrons. The summed E-state index contributed by atoms with van der Waals surface area (Å²) in [5.74, 6) is -0.162. The molecule has 0 heterocycles. The van der Waals surface area contributed by atoms with E-state index in [2.05, 4.69) is 20.8 Å². The lowest BCUT2D eigenvalue weighted by Gasteiger charge is -2.29. The van der Waals surface area contributed by atoms with Crippen LogP contribution in [0, 0.1) is 0 Å². The van der Waals surface area contributed by atoms with Crippen LogP contribution in [0.3, 0.4) is 0 Å². The Morgan fingerprint density at radius 2 is 1.41 bits per heavy atom. The average molecular weight is 397 g/mol. The molecular formula is C21H36O5Si. The van der Waals surface area contributed by atoms with Crippen LogP contribution in [0.2, 0.25) is 6.04 Å². The van der Waals surface area contributed by atoms with Gasteiger partial charge in [-0.3, -0.25) is 4.79 Å². The molecule has 0 aliphatic heterocycles. The molecule has 0 aliphatic rings. The Bertz CT molecular complexity index is 473. The third-order valence-electron chi connectivity index (χ3n) is 3.93. The van der Waals surface area contributed by atoms with Gasteiger partial charge in [-0.15, -0.1) is 0 Å². The van der Waals surface area contributed by atoms with E-state index in [1.165, 1.54) is 0 Å². The van der Waals surface area contributed by atoms with Crippen molar-refractivity contribution in [3.8, 4) is 0 Å². The molecule has 1 aromatic rings. The molecule has 6 heteroatoms. The lowest BCUT2D eigenvalue weighted by molar-refractivity contribution is -0.143. The van der Waals surface area contributed by atoms with Crippen molar-refractivity contribution in [1.29, 1.82) is 0 Å². The fourth-order valence-corrected chi connectivity index (χ4v) is 5.36. The first-order chi connectivity index (χ1) is 13.2. The van der Waals surface area contributed by atoms with Gasteiger partial charge in [-0.1, -0.05) is 51.1 Å². The number of rotatable bonds is 16. The molecule has 0 unspecified atom stereocenters. The molecule has 0 amide bonds. The van der Waals surface area contributed by atoms with Gasteiger partial charge in [0.2, 0.25) is 0 Å². The number of carbonyl (C=O) groups is 1. The smallest absolute Gasteiger partial charge is 0.466 e. The summed E-state index contributed by atoms with van der Waals surface area (Å²) in [5, 5.41) is 0. The molecule has 0 saturated heterocycles. The maximum absolute atomic E-state index is 12.0. The van der Waals surface area contributed by atoms with Crippen molar-refractivity contribution in [3.05, 3.63) is 35.9 Å². The van der Waals surface area contributed by atoms with Crippen molar-refractivity contribution in [3.63, 3.8) is 0 Å². The highest BCUT2D eigenvalue weighted by atomic mass is 28.4. The Morgan fingerprint density at radius 3 is 1.93 bits per heavy atom. The van der Waals surface area contributed by atoms with E-state index in [4.69, 9.17) is 18.0 Å². The average Bonchev–Trinajstić information content (AvgIpc) is 2.71. The van der Waals surface area contributed by atoms with Crippen LogP contribution >= 0.6 is 0 Å². The minimum atomic E-state index is -2.69. The van der Waals surface area contributed by atoms with Crippen molar-refractivity contribution in [2.24, 2.45) is 0 Å². The molecule has 0 radical (unpaired) electrons. The number of aryl methyl sites for hydroxylation is 1. The summed E-state index contributed by atoms with van der Waals surface area (Å²) in [7, 11) is -2.69. The molecule has 0 N–H and O–H groups in total. The lowest BCUT2D eigenvalue weighted by Crippen LogP contribution is -2.46. The van der Waals surface area contributed by atoms with Crippen molar-refractivity contribution in [2.45, 2.75) is 65.3 Å². The first kappa shape index (κ1) is 23.8. The Kier molecular flexibility index (Phi) is 13.1. The predicted molar refractivity (Wildman–Crippen MR) is 110 cm³/mol. The minimum Gasteiger partial charge on any atom is -0.466 e. The monoisotopic (exact) mass is 396 g/mol. The van der Waals surface area contributed by atoms with E-state index in [9.17, 15) is 4.79 Å². The molecule has 1 rings (SSSR count). The second kappa shape index (κ2) is 14.8. The molecule has 0 aliphatic carbocycles. The van der Waals surface area contributed by atoms with Gasteiger partial charge in [0.15, 0.2) is 0 Å². The molecular weight excluding hydrogens is 360 g/mol. The quantitative estimate of drug-likeness (QED) is 0.229. The minimum absolute atomic E-state index is 0.162. The van der Waals surface area contributed by atoms with Gasteiger partial charge in [-0.05, 0) is 37.7 Å². The van der Waals surface area contributed by atoms with Crippen LogP contribution in [0.4, 0.5) is 0 Å². The highest BCUT2D eigenvalue weighted by Crippen LogP contribution is 2.19.